The minimum absolute atomic E-state index is 0. The van der Waals surface area contributed by atoms with Crippen LogP contribution in [0.25, 0.3) is 0 Å². The molecule has 1 aromatic carbocycles. The predicted octanol–water partition coefficient (Wildman–Crippen LogP) is 1.22. The Morgan fingerprint density at radius 3 is 2.59 bits per heavy atom. The maximum Gasteiger partial charge on any atom is 0.231 e. The predicted molar refractivity (Wildman–Crippen MR) is 86.9 cm³/mol. The first kappa shape index (κ1) is 16.7. The minimum Gasteiger partial charge on any atom is -0.454 e. The number of nitrogens with two attached hydrogens (primary N) is 1. The lowest BCUT2D eigenvalue weighted by molar-refractivity contribution is -0.118. The van der Waals surface area contributed by atoms with E-state index >= 15 is 0 Å². The van der Waals surface area contributed by atoms with Gasteiger partial charge in [0, 0.05) is 44.4 Å². The summed E-state index contributed by atoms with van der Waals surface area (Å²) in [5.41, 5.74) is 6.34. The molecule has 1 saturated heterocycles. The first-order valence-corrected chi connectivity index (χ1v) is 7.37. The highest BCUT2D eigenvalue weighted by molar-refractivity contribution is 5.85. The third-order valence-electron chi connectivity index (χ3n) is 3.99. The molecule has 1 aromatic rings. The molecule has 1 fully saturated rings. The third kappa shape index (κ3) is 3.96. The molecule has 0 unspecified atom stereocenters. The Labute approximate surface area is 136 Å². The summed E-state index contributed by atoms with van der Waals surface area (Å²) in [6.45, 7) is 5.23. The van der Waals surface area contributed by atoms with Gasteiger partial charge in [-0.1, -0.05) is 0 Å². The van der Waals surface area contributed by atoms with Gasteiger partial charge in [0.25, 0.3) is 0 Å². The zero-order chi connectivity index (χ0) is 14.7. The lowest BCUT2D eigenvalue weighted by Gasteiger charge is -2.36. The normalized spacial score (nSPS) is 17.2. The van der Waals surface area contributed by atoms with Gasteiger partial charge in [-0.2, -0.15) is 0 Å². The van der Waals surface area contributed by atoms with Crippen LogP contribution in [0.5, 0.6) is 11.5 Å². The monoisotopic (exact) mass is 327 g/mol. The molecule has 122 valence electrons. The van der Waals surface area contributed by atoms with Crippen LogP contribution in [-0.2, 0) is 4.79 Å². The number of ether oxygens (including phenoxy) is 2. The summed E-state index contributed by atoms with van der Waals surface area (Å²) in [7, 11) is 0. The van der Waals surface area contributed by atoms with E-state index in [4.69, 9.17) is 15.2 Å². The Hall–Kier alpha value is -1.66. The highest BCUT2D eigenvalue weighted by Gasteiger charge is 2.20. The molecule has 2 aliphatic rings. The number of carbonyl (C=O) groups excluding carboxylic acids is 1. The number of halogens is 1. The second kappa shape index (κ2) is 7.56. The molecule has 2 aliphatic heterocycles. The quantitative estimate of drug-likeness (QED) is 0.881. The average molecular weight is 328 g/mol. The first-order valence-electron chi connectivity index (χ1n) is 7.37. The number of carbonyl (C=O) groups is 1. The lowest BCUT2D eigenvalue weighted by Crippen LogP contribution is -2.46. The molecule has 0 radical (unpaired) electrons. The van der Waals surface area contributed by atoms with Crippen LogP contribution < -0.4 is 20.1 Å². The van der Waals surface area contributed by atoms with Crippen LogP contribution in [0.3, 0.4) is 0 Å². The number of hydrogen-bond acceptors (Lipinski definition) is 5. The van der Waals surface area contributed by atoms with Crippen molar-refractivity contribution in [1.82, 2.24) is 4.90 Å². The highest BCUT2D eigenvalue weighted by Crippen LogP contribution is 2.35. The van der Waals surface area contributed by atoms with Gasteiger partial charge in [-0.3, -0.25) is 9.69 Å². The second-order valence-electron chi connectivity index (χ2n) is 5.44. The standard InChI is InChI=1S/C15H21N3O3.ClH/c16-15(19)2-1-5-17-6-8-18(9-7-17)12-3-4-13-14(10-12)21-11-20-13;/h3-4,10H,1-2,5-9,11H2,(H2,16,19);1H. The maximum atomic E-state index is 10.7. The van der Waals surface area contributed by atoms with Crippen LogP contribution >= 0.6 is 12.4 Å². The van der Waals surface area contributed by atoms with Crippen LogP contribution in [0, 0.1) is 0 Å². The Balaban J connectivity index is 0.00000176. The van der Waals surface area contributed by atoms with Gasteiger partial charge >= 0.3 is 0 Å². The van der Waals surface area contributed by atoms with Crippen LogP contribution in [-0.4, -0.2) is 50.3 Å². The van der Waals surface area contributed by atoms with Crippen molar-refractivity contribution in [3.05, 3.63) is 18.2 Å². The van der Waals surface area contributed by atoms with Crippen LogP contribution in [0.1, 0.15) is 12.8 Å². The van der Waals surface area contributed by atoms with E-state index < -0.39 is 0 Å². The zero-order valence-corrected chi connectivity index (χ0v) is 13.3. The second-order valence-corrected chi connectivity index (χ2v) is 5.44. The van der Waals surface area contributed by atoms with E-state index in [9.17, 15) is 4.79 Å². The molecule has 0 saturated carbocycles. The summed E-state index contributed by atoms with van der Waals surface area (Å²) < 4.78 is 10.8. The van der Waals surface area contributed by atoms with Crippen LogP contribution in [0.15, 0.2) is 18.2 Å². The number of rotatable bonds is 5. The fourth-order valence-corrected chi connectivity index (χ4v) is 2.79. The molecule has 0 atom stereocenters. The Morgan fingerprint density at radius 1 is 1.14 bits per heavy atom. The van der Waals surface area contributed by atoms with E-state index in [-0.39, 0.29) is 18.3 Å². The van der Waals surface area contributed by atoms with Gasteiger partial charge in [0.05, 0.1) is 0 Å². The summed E-state index contributed by atoms with van der Waals surface area (Å²) in [5.74, 6) is 1.44. The minimum atomic E-state index is -0.214. The zero-order valence-electron chi connectivity index (χ0n) is 12.5. The first-order chi connectivity index (χ1) is 10.2. The number of anilines is 1. The number of amides is 1. The van der Waals surface area contributed by atoms with E-state index in [0.29, 0.717) is 13.2 Å². The summed E-state index contributed by atoms with van der Waals surface area (Å²) in [4.78, 5) is 15.5. The molecule has 1 amide bonds. The van der Waals surface area contributed by atoms with Crippen molar-refractivity contribution < 1.29 is 14.3 Å². The molecule has 3 rings (SSSR count). The number of nitrogens with zero attached hydrogens (tertiary/aromatic N) is 2. The molecule has 2 heterocycles. The number of primary amides is 1. The molecular formula is C15H22ClN3O3. The maximum absolute atomic E-state index is 10.7. The largest absolute Gasteiger partial charge is 0.454 e. The molecule has 7 heteroatoms. The van der Waals surface area contributed by atoms with Gasteiger partial charge in [-0.25, -0.2) is 0 Å². The summed E-state index contributed by atoms with van der Waals surface area (Å²) in [6, 6.07) is 6.10. The smallest absolute Gasteiger partial charge is 0.231 e. The molecule has 6 nitrogen and oxygen atoms in total. The molecule has 0 aromatic heterocycles. The Bertz CT molecular complexity index is 519. The van der Waals surface area contributed by atoms with E-state index in [1.54, 1.807) is 0 Å². The summed E-state index contributed by atoms with van der Waals surface area (Å²) >= 11 is 0. The van der Waals surface area contributed by atoms with Crippen LogP contribution in [0.2, 0.25) is 0 Å². The van der Waals surface area contributed by atoms with Crippen molar-refractivity contribution in [2.24, 2.45) is 5.73 Å². The lowest BCUT2D eigenvalue weighted by atomic mass is 10.2. The van der Waals surface area contributed by atoms with Gasteiger partial charge in [-0.05, 0) is 25.1 Å². The van der Waals surface area contributed by atoms with Crippen molar-refractivity contribution in [2.75, 3.05) is 44.4 Å². The van der Waals surface area contributed by atoms with Gasteiger partial charge in [0.2, 0.25) is 12.7 Å². The van der Waals surface area contributed by atoms with E-state index in [0.717, 1.165) is 50.6 Å². The summed E-state index contributed by atoms with van der Waals surface area (Å²) in [5, 5.41) is 0. The number of benzene rings is 1. The molecule has 0 bridgehead atoms. The van der Waals surface area contributed by atoms with E-state index in [1.165, 1.54) is 5.69 Å². The number of fused-ring (bicyclic) bond motifs is 1. The fraction of sp³-hybridized carbons (Fsp3) is 0.533. The number of hydrogen-bond donors (Lipinski definition) is 1. The van der Waals surface area contributed by atoms with Gasteiger partial charge < -0.3 is 20.1 Å². The molecule has 2 N–H and O–H groups in total. The van der Waals surface area contributed by atoms with Crippen molar-refractivity contribution in [3.8, 4) is 11.5 Å². The van der Waals surface area contributed by atoms with Gasteiger partial charge in [-0.15, -0.1) is 12.4 Å². The van der Waals surface area contributed by atoms with E-state index in [1.807, 2.05) is 12.1 Å². The van der Waals surface area contributed by atoms with E-state index in [2.05, 4.69) is 15.9 Å². The topological polar surface area (TPSA) is 68.0 Å². The molecular weight excluding hydrogens is 306 g/mol. The Kier molecular flexibility index (Phi) is 5.74. The van der Waals surface area contributed by atoms with Crippen molar-refractivity contribution in [2.45, 2.75) is 12.8 Å². The molecule has 22 heavy (non-hydrogen) atoms. The fourth-order valence-electron chi connectivity index (χ4n) is 2.79. The summed E-state index contributed by atoms with van der Waals surface area (Å²) in [6.07, 6.45) is 1.32. The van der Waals surface area contributed by atoms with Gasteiger partial charge in [0.15, 0.2) is 11.5 Å². The highest BCUT2D eigenvalue weighted by atomic mass is 35.5. The average Bonchev–Trinajstić information content (AvgIpc) is 2.95. The van der Waals surface area contributed by atoms with Crippen molar-refractivity contribution in [3.63, 3.8) is 0 Å². The van der Waals surface area contributed by atoms with Crippen molar-refractivity contribution in [1.29, 1.82) is 0 Å². The third-order valence-corrected chi connectivity index (χ3v) is 3.99. The molecule has 0 spiro atoms. The molecule has 0 aliphatic carbocycles. The van der Waals surface area contributed by atoms with Crippen molar-refractivity contribution >= 4 is 24.0 Å². The number of piperazine rings is 1. The Morgan fingerprint density at radius 2 is 1.86 bits per heavy atom. The van der Waals surface area contributed by atoms with Crippen LogP contribution in [0.4, 0.5) is 5.69 Å². The SMILES string of the molecule is Cl.NC(=O)CCCN1CCN(c2ccc3c(c2)OCO3)CC1. The van der Waals surface area contributed by atoms with Gasteiger partial charge in [0.1, 0.15) is 0 Å².